The summed E-state index contributed by atoms with van der Waals surface area (Å²) in [5.74, 6) is 2.10. The predicted molar refractivity (Wildman–Crippen MR) is 117 cm³/mol. The molecule has 0 aromatic carbocycles. The van der Waals surface area contributed by atoms with Crippen LogP contribution in [0.5, 0.6) is 0 Å². The number of carbonyl (C=O) groups excluding carboxylic acids is 1. The third-order valence-electron chi connectivity index (χ3n) is 7.64. The molecule has 0 aromatic heterocycles. The summed E-state index contributed by atoms with van der Waals surface area (Å²) in [6, 6.07) is 4.25. The van der Waals surface area contributed by atoms with Crippen LogP contribution in [0, 0.1) is 46.3 Å². The van der Waals surface area contributed by atoms with E-state index in [2.05, 4.69) is 22.8 Å². The van der Waals surface area contributed by atoms with E-state index in [9.17, 15) is 10.1 Å². The maximum absolute atomic E-state index is 12.7. The number of rotatable bonds is 6. The Morgan fingerprint density at radius 3 is 2.39 bits per heavy atom. The number of methoxy groups -OCH3 is 1. The van der Waals surface area contributed by atoms with E-state index in [4.69, 9.17) is 14.7 Å². The molecule has 3 atom stereocenters. The van der Waals surface area contributed by atoms with Crippen LogP contribution in [0.3, 0.4) is 0 Å². The first-order chi connectivity index (χ1) is 15.1. The number of hydrogen-bond acceptors (Lipinski definition) is 6. The topological polar surface area (TPSA) is 107 Å². The smallest absolute Gasteiger partial charge is 0.251 e. The molecule has 7 heteroatoms. The van der Waals surface area contributed by atoms with Crippen LogP contribution in [-0.2, 0) is 14.3 Å². The molecule has 1 heterocycles. The third kappa shape index (κ3) is 7.17. The Kier molecular flexibility index (Phi) is 9.58. The van der Waals surface area contributed by atoms with Crippen molar-refractivity contribution in [3.8, 4) is 12.1 Å². The number of nitrogens with one attached hydrogen (secondary N) is 2. The van der Waals surface area contributed by atoms with Gasteiger partial charge in [-0.2, -0.15) is 10.5 Å². The van der Waals surface area contributed by atoms with Gasteiger partial charge in [-0.25, -0.2) is 0 Å². The summed E-state index contributed by atoms with van der Waals surface area (Å²) >= 11 is 0. The lowest BCUT2D eigenvalue weighted by Gasteiger charge is -2.37. The van der Waals surface area contributed by atoms with E-state index < -0.39 is 12.1 Å². The van der Waals surface area contributed by atoms with Crippen LogP contribution >= 0.6 is 0 Å². The lowest BCUT2D eigenvalue weighted by Crippen LogP contribution is -2.49. The van der Waals surface area contributed by atoms with Gasteiger partial charge in [0, 0.05) is 19.6 Å². The van der Waals surface area contributed by atoms with E-state index >= 15 is 0 Å². The average Bonchev–Trinajstić information content (AvgIpc) is 2.79. The highest BCUT2D eigenvalue weighted by Gasteiger charge is 2.32. The zero-order valence-corrected chi connectivity index (χ0v) is 18.9. The summed E-state index contributed by atoms with van der Waals surface area (Å²) in [5.41, 5.74) is 0. The molecule has 2 saturated carbocycles. The Morgan fingerprint density at radius 1 is 1.10 bits per heavy atom. The van der Waals surface area contributed by atoms with Gasteiger partial charge in [0.05, 0.1) is 24.8 Å². The van der Waals surface area contributed by atoms with Crippen LogP contribution < -0.4 is 10.6 Å². The average molecular weight is 431 g/mol. The maximum atomic E-state index is 12.7. The number of nitrogens with zero attached hydrogens (tertiary/aromatic N) is 2. The minimum atomic E-state index is -0.590. The predicted octanol–water partition coefficient (Wildman–Crippen LogP) is 2.91. The molecule has 1 aliphatic heterocycles. The summed E-state index contributed by atoms with van der Waals surface area (Å²) in [5, 5.41) is 24.9. The van der Waals surface area contributed by atoms with Crippen LogP contribution in [-0.4, -0.2) is 51.0 Å². The van der Waals surface area contributed by atoms with Crippen LogP contribution in [0.25, 0.3) is 0 Å². The van der Waals surface area contributed by atoms with Gasteiger partial charge in [-0.3, -0.25) is 4.79 Å². The highest BCUT2D eigenvalue weighted by molar-refractivity contribution is 5.81. The fourth-order valence-electron chi connectivity index (χ4n) is 5.57. The molecule has 2 N–H and O–H groups in total. The Bertz CT molecular complexity index is 642. The van der Waals surface area contributed by atoms with Gasteiger partial charge in [0.15, 0.2) is 0 Å². The number of amides is 1. The lowest BCUT2D eigenvalue weighted by molar-refractivity contribution is -0.136. The quantitative estimate of drug-likeness (QED) is 0.671. The molecule has 172 valence electrons. The SMILES string of the molecule is CO[C@@H]1CCNC[C@@H](C(=O)N[C@H](C#N)CC2CCC(C3CCC(C#N)CC3)CC2)OC1. The lowest BCUT2D eigenvalue weighted by atomic mass is 9.69. The van der Waals surface area contributed by atoms with E-state index in [1.807, 2.05) is 0 Å². The van der Waals surface area contributed by atoms with Crippen molar-refractivity contribution >= 4 is 5.91 Å². The second kappa shape index (κ2) is 12.4. The second-order valence-electron chi connectivity index (χ2n) is 9.62. The van der Waals surface area contributed by atoms with Crippen LogP contribution in [0.2, 0.25) is 0 Å². The number of hydrogen-bond donors (Lipinski definition) is 2. The molecule has 1 saturated heterocycles. The van der Waals surface area contributed by atoms with Crippen LogP contribution in [0.1, 0.15) is 64.2 Å². The summed E-state index contributed by atoms with van der Waals surface area (Å²) < 4.78 is 11.1. The standard InChI is InChI=1S/C24H38N4O3/c1-30-22-10-11-27-15-23(31-16-22)24(29)28-21(14-26)12-17-2-6-19(7-3-17)20-8-4-18(13-25)5-9-20/h17-23,27H,2-12,15-16H2,1H3,(H,28,29)/t17?,18?,19?,20?,21-,22+,23-/m0/s1. The van der Waals surface area contributed by atoms with Gasteiger partial charge in [-0.05, 0) is 75.7 Å². The van der Waals surface area contributed by atoms with Crippen molar-refractivity contribution in [2.45, 2.75) is 82.5 Å². The number of ether oxygens (including phenoxy) is 2. The monoisotopic (exact) mass is 430 g/mol. The summed E-state index contributed by atoms with van der Waals surface area (Å²) in [7, 11) is 1.66. The van der Waals surface area contributed by atoms with Crippen molar-refractivity contribution in [1.82, 2.24) is 10.6 Å². The Hall–Kier alpha value is -1.67. The molecule has 31 heavy (non-hydrogen) atoms. The van der Waals surface area contributed by atoms with Gasteiger partial charge >= 0.3 is 0 Å². The fourth-order valence-corrected chi connectivity index (χ4v) is 5.57. The zero-order valence-electron chi connectivity index (χ0n) is 18.9. The molecule has 3 fully saturated rings. The van der Waals surface area contributed by atoms with Crippen molar-refractivity contribution in [3.63, 3.8) is 0 Å². The third-order valence-corrected chi connectivity index (χ3v) is 7.64. The van der Waals surface area contributed by atoms with Crippen LogP contribution in [0.15, 0.2) is 0 Å². The largest absolute Gasteiger partial charge is 0.379 e. The van der Waals surface area contributed by atoms with E-state index in [0.29, 0.717) is 19.1 Å². The van der Waals surface area contributed by atoms with Crippen LogP contribution in [0.4, 0.5) is 0 Å². The van der Waals surface area contributed by atoms with Crippen molar-refractivity contribution in [3.05, 3.63) is 0 Å². The maximum Gasteiger partial charge on any atom is 0.251 e. The molecule has 0 radical (unpaired) electrons. The number of carbonyl (C=O) groups is 1. The molecular formula is C24H38N4O3. The molecule has 1 amide bonds. The fraction of sp³-hybridized carbons (Fsp3) is 0.875. The highest BCUT2D eigenvalue weighted by atomic mass is 16.5. The molecule has 7 nitrogen and oxygen atoms in total. The first-order valence-corrected chi connectivity index (χ1v) is 12.1. The molecular weight excluding hydrogens is 392 g/mol. The van der Waals surface area contributed by atoms with E-state index in [0.717, 1.165) is 56.9 Å². The van der Waals surface area contributed by atoms with Gasteiger partial charge < -0.3 is 20.1 Å². The molecule has 3 aliphatic rings. The Balaban J connectivity index is 1.40. The zero-order chi connectivity index (χ0) is 22.1. The summed E-state index contributed by atoms with van der Waals surface area (Å²) in [4.78, 5) is 12.7. The molecule has 3 rings (SSSR count). The molecule has 0 unspecified atom stereocenters. The Morgan fingerprint density at radius 2 is 1.77 bits per heavy atom. The van der Waals surface area contributed by atoms with E-state index in [1.165, 1.54) is 25.7 Å². The van der Waals surface area contributed by atoms with Gasteiger partial charge in [-0.1, -0.05) is 12.8 Å². The van der Waals surface area contributed by atoms with E-state index in [1.54, 1.807) is 7.11 Å². The molecule has 2 aliphatic carbocycles. The Labute approximate surface area is 186 Å². The van der Waals surface area contributed by atoms with Crippen molar-refractivity contribution in [1.29, 1.82) is 10.5 Å². The molecule has 0 aromatic rings. The minimum Gasteiger partial charge on any atom is -0.379 e. The van der Waals surface area contributed by atoms with Gasteiger partial charge in [0.1, 0.15) is 12.1 Å². The van der Waals surface area contributed by atoms with Crippen molar-refractivity contribution in [2.75, 3.05) is 26.8 Å². The molecule has 0 bridgehead atoms. The van der Waals surface area contributed by atoms with Crippen molar-refractivity contribution in [2.24, 2.45) is 23.7 Å². The van der Waals surface area contributed by atoms with Gasteiger partial charge in [-0.15, -0.1) is 0 Å². The minimum absolute atomic E-state index is 0.0139. The molecule has 0 spiro atoms. The summed E-state index contributed by atoms with van der Waals surface area (Å²) in [6.45, 7) is 1.64. The second-order valence-corrected chi connectivity index (χ2v) is 9.62. The van der Waals surface area contributed by atoms with Gasteiger partial charge in [0.2, 0.25) is 0 Å². The number of nitriles is 2. The van der Waals surface area contributed by atoms with Gasteiger partial charge in [0.25, 0.3) is 5.91 Å². The van der Waals surface area contributed by atoms with E-state index in [-0.39, 0.29) is 17.9 Å². The first kappa shape index (κ1) is 24.0. The first-order valence-electron chi connectivity index (χ1n) is 12.1. The van der Waals surface area contributed by atoms with Crippen molar-refractivity contribution < 1.29 is 14.3 Å². The normalized spacial score (nSPS) is 35.6. The highest BCUT2D eigenvalue weighted by Crippen LogP contribution is 2.42. The summed E-state index contributed by atoms with van der Waals surface area (Å²) in [6.07, 6.45) is 10.2.